The van der Waals surface area contributed by atoms with E-state index >= 15 is 0 Å². The van der Waals surface area contributed by atoms with Gasteiger partial charge in [-0.25, -0.2) is 0 Å². The Morgan fingerprint density at radius 3 is 2.35 bits per heavy atom. The summed E-state index contributed by atoms with van der Waals surface area (Å²) in [5.74, 6) is -0.459. The van der Waals surface area contributed by atoms with Crippen LogP contribution in [0.4, 0.5) is 0 Å². The summed E-state index contributed by atoms with van der Waals surface area (Å²) in [7, 11) is 0. The first-order valence-electron chi connectivity index (χ1n) is 5.06. The summed E-state index contributed by atoms with van der Waals surface area (Å²) in [6.07, 6.45) is 0. The second-order valence-corrected chi connectivity index (χ2v) is 4.54. The lowest BCUT2D eigenvalue weighted by Crippen LogP contribution is -2.51. The highest BCUT2D eigenvalue weighted by Gasteiger charge is 2.25. The molecule has 2 amide bonds. The standard InChI is InChI=1S/C11H10Cl2N2O2/c12-8-2-1-7(3-9(8)13)6-15-10(16)4-14-5-11(15)17/h1-3,14H,4-6H2. The van der Waals surface area contributed by atoms with E-state index in [0.29, 0.717) is 10.0 Å². The molecular formula is C11H10Cl2N2O2. The zero-order valence-electron chi connectivity index (χ0n) is 8.87. The number of carbonyl (C=O) groups excluding carboxylic acids is 2. The first kappa shape index (κ1) is 12.4. The van der Waals surface area contributed by atoms with Crippen molar-refractivity contribution < 1.29 is 9.59 Å². The Hall–Kier alpha value is -1.10. The first-order valence-corrected chi connectivity index (χ1v) is 5.81. The van der Waals surface area contributed by atoms with E-state index in [1.807, 2.05) is 0 Å². The molecule has 0 radical (unpaired) electrons. The Balaban J connectivity index is 2.16. The van der Waals surface area contributed by atoms with Crippen molar-refractivity contribution in [3.63, 3.8) is 0 Å². The van der Waals surface area contributed by atoms with Crippen LogP contribution < -0.4 is 5.32 Å². The first-order chi connectivity index (χ1) is 8.08. The quantitative estimate of drug-likeness (QED) is 0.830. The normalized spacial score (nSPS) is 16.5. The van der Waals surface area contributed by atoms with Gasteiger partial charge in [0.15, 0.2) is 0 Å². The number of piperazine rings is 1. The number of benzene rings is 1. The van der Waals surface area contributed by atoms with Crippen molar-refractivity contribution in [3.05, 3.63) is 33.8 Å². The van der Waals surface area contributed by atoms with Gasteiger partial charge in [-0.15, -0.1) is 0 Å². The van der Waals surface area contributed by atoms with Crippen LogP contribution in [0.15, 0.2) is 18.2 Å². The maximum Gasteiger partial charge on any atom is 0.243 e. The molecule has 1 aromatic rings. The van der Waals surface area contributed by atoms with Crippen molar-refractivity contribution in [2.75, 3.05) is 13.1 Å². The van der Waals surface area contributed by atoms with E-state index in [-0.39, 0.29) is 31.4 Å². The van der Waals surface area contributed by atoms with E-state index in [0.717, 1.165) is 5.56 Å². The minimum absolute atomic E-state index is 0.188. The van der Waals surface area contributed by atoms with Crippen LogP contribution in [0.3, 0.4) is 0 Å². The SMILES string of the molecule is O=C1CNCC(=O)N1Cc1ccc(Cl)c(Cl)c1. The van der Waals surface area contributed by atoms with E-state index in [1.54, 1.807) is 18.2 Å². The number of amides is 2. The molecule has 1 aliphatic heterocycles. The maximum atomic E-state index is 11.5. The van der Waals surface area contributed by atoms with E-state index in [2.05, 4.69) is 5.32 Å². The van der Waals surface area contributed by atoms with Crippen molar-refractivity contribution in [1.29, 1.82) is 0 Å². The van der Waals surface area contributed by atoms with Crippen molar-refractivity contribution in [3.8, 4) is 0 Å². The van der Waals surface area contributed by atoms with E-state index < -0.39 is 0 Å². The lowest BCUT2D eigenvalue weighted by Gasteiger charge is -2.25. The summed E-state index contributed by atoms with van der Waals surface area (Å²) in [5, 5.41) is 3.60. The van der Waals surface area contributed by atoms with Crippen LogP contribution in [0.1, 0.15) is 5.56 Å². The van der Waals surface area contributed by atoms with Crippen LogP contribution in [0, 0.1) is 0 Å². The number of rotatable bonds is 2. The number of nitrogens with one attached hydrogen (secondary N) is 1. The van der Waals surface area contributed by atoms with E-state index in [1.165, 1.54) is 4.90 Å². The largest absolute Gasteiger partial charge is 0.300 e. The fraction of sp³-hybridized carbons (Fsp3) is 0.273. The Bertz CT molecular complexity index is 461. The van der Waals surface area contributed by atoms with E-state index in [9.17, 15) is 9.59 Å². The molecule has 1 fully saturated rings. The fourth-order valence-corrected chi connectivity index (χ4v) is 1.92. The smallest absolute Gasteiger partial charge is 0.243 e. The molecule has 4 nitrogen and oxygen atoms in total. The average Bonchev–Trinajstić information content (AvgIpc) is 2.28. The van der Waals surface area contributed by atoms with Gasteiger partial charge in [0, 0.05) is 0 Å². The minimum atomic E-state index is -0.229. The van der Waals surface area contributed by atoms with Crippen LogP contribution in [-0.4, -0.2) is 29.8 Å². The molecule has 0 aromatic heterocycles. The van der Waals surface area contributed by atoms with Crippen molar-refractivity contribution in [2.45, 2.75) is 6.54 Å². The zero-order valence-corrected chi connectivity index (χ0v) is 10.4. The molecule has 0 aliphatic carbocycles. The van der Waals surface area contributed by atoms with E-state index in [4.69, 9.17) is 23.2 Å². The van der Waals surface area contributed by atoms with Crippen molar-refractivity contribution >= 4 is 35.0 Å². The third-order valence-electron chi connectivity index (χ3n) is 2.48. The fourth-order valence-electron chi connectivity index (χ4n) is 1.60. The number of hydrogen-bond donors (Lipinski definition) is 1. The number of carbonyl (C=O) groups is 2. The molecule has 0 unspecified atom stereocenters. The van der Waals surface area contributed by atoms with Crippen molar-refractivity contribution in [2.24, 2.45) is 0 Å². The van der Waals surface area contributed by atoms with Gasteiger partial charge in [-0.05, 0) is 17.7 Å². The van der Waals surface area contributed by atoms with Gasteiger partial charge in [0.05, 0.1) is 29.7 Å². The number of hydrogen-bond acceptors (Lipinski definition) is 3. The number of halogens is 2. The Kier molecular flexibility index (Phi) is 3.66. The second kappa shape index (κ2) is 5.04. The molecule has 6 heteroatoms. The summed E-state index contributed by atoms with van der Waals surface area (Å²) in [5.41, 5.74) is 0.781. The maximum absolute atomic E-state index is 11.5. The Morgan fingerprint density at radius 1 is 1.12 bits per heavy atom. The third kappa shape index (κ3) is 2.77. The van der Waals surface area contributed by atoms with Crippen LogP contribution >= 0.6 is 23.2 Å². The number of imide groups is 1. The second-order valence-electron chi connectivity index (χ2n) is 3.73. The third-order valence-corrected chi connectivity index (χ3v) is 3.22. The van der Waals surface area contributed by atoms with Crippen LogP contribution in [-0.2, 0) is 16.1 Å². The molecule has 0 atom stereocenters. The highest BCUT2D eigenvalue weighted by molar-refractivity contribution is 6.42. The van der Waals surface area contributed by atoms with Gasteiger partial charge in [0.25, 0.3) is 0 Å². The van der Waals surface area contributed by atoms with Gasteiger partial charge < -0.3 is 0 Å². The molecule has 90 valence electrons. The monoisotopic (exact) mass is 272 g/mol. The van der Waals surface area contributed by atoms with Gasteiger partial charge in [-0.1, -0.05) is 29.3 Å². The molecule has 2 rings (SSSR count). The highest BCUT2D eigenvalue weighted by Crippen LogP contribution is 2.23. The van der Waals surface area contributed by atoms with Gasteiger partial charge in [0.1, 0.15) is 0 Å². The zero-order chi connectivity index (χ0) is 12.4. The minimum Gasteiger partial charge on any atom is -0.300 e. The lowest BCUT2D eigenvalue weighted by molar-refractivity contribution is -0.147. The summed E-state index contributed by atoms with van der Waals surface area (Å²) in [6.45, 7) is 0.607. The topological polar surface area (TPSA) is 49.4 Å². The highest BCUT2D eigenvalue weighted by atomic mass is 35.5. The van der Waals surface area contributed by atoms with Crippen LogP contribution in [0.5, 0.6) is 0 Å². The Labute approximate surface area is 108 Å². The predicted octanol–water partition coefficient (Wildman–Crippen LogP) is 1.45. The average molecular weight is 273 g/mol. The van der Waals surface area contributed by atoms with Crippen LogP contribution in [0.2, 0.25) is 10.0 Å². The summed E-state index contributed by atoms with van der Waals surface area (Å²) >= 11 is 11.7. The molecule has 0 spiro atoms. The molecular weight excluding hydrogens is 263 g/mol. The lowest BCUT2D eigenvalue weighted by atomic mass is 10.2. The Morgan fingerprint density at radius 2 is 1.76 bits per heavy atom. The van der Waals surface area contributed by atoms with Crippen molar-refractivity contribution in [1.82, 2.24) is 10.2 Å². The van der Waals surface area contributed by atoms with Gasteiger partial charge in [-0.3, -0.25) is 19.8 Å². The van der Waals surface area contributed by atoms with Gasteiger partial charge >= 0.3 is 0 Å². The molecule has 1 aliphatic rings. The molecule has 1 heterocycles. The summed E-state index contributed by atoms with van der Waals surface area (Å²) < 4.78 is 0. The summed E-state index contributed by atoms with van der Waals surface area (Å²) in [4.78, 5) is 24.3. The molecule has 17 heavy (non-hydrogen) atoms. The predicted molar refractivity (Wildman–Crippen MR) is 64.9 cm³/mol. The van der Waals surface area contributed by atoms with Crippen LogP contribution in [0.25, 0.3) is 0 Å². The molecule has 1 saturated heterocycles. The molecule has 0 saturated carbocycles. The van der Waals surface area contributed by atoms with Gasteiger partial charge in [0.2, 0.25) is 11.8 Å². The molecule has 1 N–H and O–H groups in total. The number of nitrogens with zero attached hydrogens (tertiary/aromatic N) is 1. The summed E-state index contributed by atoms with van der Waals surface area (Å²) in [6, 6.07) is 5.06. The van der Waals surface area contributed by atoms with Gasteiger partial charge in [-0.2, -0.15) is 0 Å². The molecule has 0 bridgehead atoms. The molecule has 1 aromatic carbocycles.